The number of imidazole rings is 1. The Bertz CT molecular complexity index is 1270. The largest absolute Gasteiger partial charge is 0.356 e. The molecule has 0 fully saturated rings. The number of nitrogens with zero attached hydrogens (tertiary/aromatic N) is 4. The Hall–Kier alpha value is -3.51. The summed E-state index contributed by atoms with van der Waals surface area (Å²) in [5, 5.41) is 4.25. The number of anilines is 1. The Balaban J connectivity index is 1.50. The number of rotatable bonds is 5. The predicted octanol–water partition coefficient (Wildman–Crippen LogP) is 5.44. The molecule has 1 aromatic carbocycles. The lowest BCUT2D eigenvalue weighted by Gasteiger charge is -2.10. The molecular formula is C23H19N5S. The number of thiazole rings is 1. The molecule has 0 aliphatic rings. The molecule has 0 bridgehead atoms. The average molecular weight is 398 g/mol. The second-order valence-electron chi connectivity index (χ2n) is 6.82. The van der Waals surface area contributed by atoms with E-state index in [4.69, 9.17) is 0 Å². The molecule has 0 radical (unpaired) electrons. The predicted molar refractivity (Wildman–Crippen MR) is 118 cm³/mol. The van der Waals surface area contributed by atoms with E-state index in [2.05, 4.69) is 68.1 Å². The smallest absolute Gasteiger partial charge is 0.183 e. The van der Waals surface area contributed by atoms with Crippen LogP contribution in [0.25, 0.3) is 27.2 Å². The van der Waals surface area contributed by atoms with Crippen molar-refractivity contribution in [1.82, 2.24) is 19.4 Å². The summed E-state index contributed by atoms with van der Waals surface area (Å²) in [6.45, 7) is 2.79. The fourth-order valence-corrected chi connectivity index (χ4v) is 4.19. The Morgan fingerprint density at radius 3 is 2.72 bits per heavy atom. The Morgan fingerprint density at radius 1 is 0.966 bits per heavy atom. The van der Waals surface area contributed by atoms with Crippen molar-refractivity contribution in [3.63, 3.8) is 0 Å². The summed E-state index contributed by atoms with van der Waals surface area (Å²) >= 11 is 1.64. The van der Waals surface area contributed by atoms with Gasteiger partial charge in [0.2, 0.25) is 0 Å². The molecule has 4 aromatic heterocycles. The first-order valence-electron chi connectivity index (χ1n) is 9.40. The quantitative estimate of drug-likeness (QED) is 0.429. The average Bonchev–Trinajstić information content (AvgIpc) is 3.42. The summed E-state index contributed by atoms with van der Waals surface area (Å²) in [5.74, 6) is 0. The van der Waals surface area contributed by atoms with Crippen LogP contribution >= 0.6 is 11.3 Å². The van der Waals surface area contributed by atoms with Crippen molar-refractivity contribution in [3.8, 4) is 21.6 Å². The summed E-state index contributed by atoms with van der Waals surface area (Å²) in [7, 11) is 0. The molecule has 0 amide bonds. The minimum atomic E-state index is 0.656. The minimum absolute atomic E-state index is 0.656. The van der Waals surface area contributed by atoms with Gasteiger partial charge in [-0.25, -0.2) is 9.97 Å². The van der Waals surface area contributed by atoms with Gasteiger partial charge in [-0.2, -0.15) is 0 Å². The van der Waals surface area contributed by atoms with Crippen molar-refractivity contribution in [2.45, 2.75) is 13.5 Å². The molecular weight excluding hydrogens is 378 g/mol. The Labute approximate surface area is 172 Å². The molecule has 142 valence electrons. The first-order chi connectivity index (χ1) is 14.3. The van der Waals surface area contributed by atoms with Crippen molar-refractivity contribution in [3.05, 3.63) is 90.8 Å². The molecule has 0 unspecified atom stereocenters. The second-order valence-corrected chi connectivity index (χ2v) is 7.85. The van der Waals surface area contributed by atoms with Crippen LogP contribution in [0.3, 0.4) is 0 Å². The van der Waals surface area contributed by atoms with Gasteiger partial charge in [-0.3, -0.25) is 4.98 Å². The fraction of sp³-hybridized carbons (Fsp3) is 0.0870. The highest BCUT2D eigenvalue weighted by Crippen LogP contribution is 2.34. The van der Waals surface area contributed by atoms with Gasteiger partial charge in [-0.05, 0) is 36.2 Å². The Morgan fingerprint density at radius 2 is 1.86 bits per heavy atom. The van der Waals surface area contributed by atoms with Crippen LogP contribution in [-0.4, -0.2) is 19.4 Å². The number of benzene rings is 1. The highest BCUT2D eigenvalue weighted by molar-refractivity contribution is 7.18. The number of hydrogen-bond acceptors (Lipinski definition) is 5. The number of pyridine rings is 2. The van der Waals surface area contributed by atoms with E-state index in [1.54, 1.807) is 17.5 Å². The third-order valence-corrected chi connectivity index (χ3v) is 5.86. The topological polar surface area (TPSA) is 55.1 Å². The number of fused-ring (bicyclic) bond motifs is 1. The van der Waals surface area contributed by atoms with Gasteiger partial charge in [0.25, 0.3) is 0 Å². The van der Waals surface area contributed by atoms with Crippen LogP contribution in [0.4, 0.5) is 5.13 Å². The maximum Gasteiger partial charge on any atom is 0.183 e. The first kappa shape index (κ1) is 17.6. The van der Waals surface area contributed by atoms with Crippen LogP contribution in [0.1, 0.15) is 11.3 Å². The third kappa shape index (κ3) is 3.50. The molecule has 5 nitrogen and oxygen atoms in total. The van der Waals surface area contributed by atoms with Gasteiger partial charge in [0, 0.05) is 42.1 Å². The zero-order valence-corrected chi connectivity index (χ0v) is 16.7. The number of aromatic nitrogens is 4. The molecule has 0 saturated carbocycles. The van der Waals surface area contributed by atoms with Gasteiger partial charge in [0.1, 0.15) is 5.65 Å². The molecule has 5 aromatic rings. The summed E-state index contributed by atoms with van der Waals surface area (Å²) in [5.41, 5.74) is 6.63. The third-order valence-electron chi connectivity index (χ3n) is 4.86. The second kappa shape index (κ2) is 7.48. The minimum Gasteiger partial charge on any atom is -0.356 e. The summed E-state index contributed by atoms with van der Waals surface area (Å²) in [4.78, 5) is 14.6. The molecule has 0 saturated heterocycles. The zero-order chi connectivity index (χ0) is 19.6. The summed E-state index contributed by atoms with van der Waals surface area (Å²) < 4.78 is 2.08. The van der Waals surface area contributed by atoms with E-state index < -0.39 is 0 Å². The van der Waals surface area contributed by atoms with Crippen LogP contribution in [-0.2, 0) is 6.54 Å². The molecule has 0 spiro atoms. The van der Waals surface area contributed by atoms with Gasteiger partial charge >= 0.3 is 0 Å². The van der Waals surface area contributed by atoms with E-state index in [0.29, 0.717) is 6.54 Å². The van der Waals surface area contributed by atoms with E-state index in [9.17, 15) is 0 Å². The molecule has 0 aliphatic carbocycles. The van der Waals surface area contributed by atoms with Crippen molar-refractivity contribution in [2.24, 2.45) is 0 Å². The van der Waals surface area contributed by atoms with Gasteiger partial charge in [-0.1, -0.05) is 41.7 Å². The number of nitrogens with one attached hydrogen (secondary N) is 1. The lowest BCUT2D eigenvalue weighted by molar-refractivity contribution is 1.04. The van der Waals surface area contributed by atoms with Crippen molar-refractivity contribution in [1.29, 1.82) is 0 Å². The van der Waals surface area contributed by atoms with Crippen LogP contribution in [0.2, 0.25) is 0 Å². The standard InChI is InChI=1S/C23H19N5S/c1-16-6-2-3-8-19(16)20-12-17(15-28-11-10-25-22(20)28)21-14-27-23(29-21)26-13-18-7-4-5-9-24-18/h2-12,14-15H,13H2,1H3,(H,26,27). The van der Waals surface area contributed by atoms with E-state index >= 15 is 0 Å². The van der Waals surface area contributed by atoms with Gasteiger partial charge < -0.3 is 9.72 Å². The molecule has 0 aliphatic heterocycles. The molecule has 6 heteroatoms. The van der Waals surface area contributed by atoms with Crippen molar-refractivity contribution in [2.75, 3.05) is 5.32 Å². The van der Waals surface area contributed by atoms with E-state index in [1.807, 2.05) is 36.8 Å². The SMILES string of the molecule is Cc1ccccc1-c1cc(-c2cnc(NCc3ccccn3)s2)cn2ccnc12. The molecule has 0 atom stereocenters. The van der Waals surface area contributed by atoms with Crippen LogP contribution < -0.4 is 5.32 Å². The van der Waals surface area contributed by atoms with Crippen LogP contribution in [0.15, 0.2) is 79.5 Å². The van der Waals surface area contributed by atoms with Crippen LogP contribution in [0.5, 0.6) is 0 Å². The van der Waals surface area contributed by atoms with E-state index in [0.717, 1.165) is 32.5 Å². The van der Waals surface area contributed by atoms with Crippen molar-refractivity contribution >= 4 is 22.1 Å². The molecule has 5 rings (SSSR count). The fourth-order valence-electron chi connectivity index (χ4n) is 3.40. The summed E-state index contributed by atoms with van der Waals surface area (Å²) in [6, 6.07) is 16.5. The molecule has 29 heavy (non-hydrogen) atoms. The van der Waals surface area contributed by atoms with Crippen LogP contribution in [0, 0.1) is 6.92 Å². The Kier molecular flexibility index (Phi) is 4.54. The maximum absolute atomic E-state index is 4.57. The normalized spacial score (nSPS) is 11.1. The van der Waals surface area contributed by atoms with Gasteiger partial charge in [0.05, 0.1) is 17.1 Å². The van der Waals surface area contributed by atoms with E-state index in [1.165, 1.54) is 11.1 Å². The monoisotopic (exact) mass is 397 g/mol. The number of aryl methyl sites for hydroxylation is 1. The lowest BCUT2D eigenvalue weighted by atomic mass is 10.00. The molecule has 4 heterocycles. The maximum atomic E-state index is 4.57. The van der Waals surface area contributed by atoms with Crippen molar-refractivity contribution < 1.29 is 0 Å². The highest BCUT2D eigenvalue weighted by atomic mass is 32.1. The summed E-state index contributed by atoms with van der Waals surface area (Å²) in [6.07, 6.45) is 9.66. The van der Waals surface area contributed by atoms with E-state index in [-0.39, 0.29) is 0 Å². The number of hydrogen-bond donors (Lipinski definition) is 1. The first-order valence-corrected chi connectivity index (χ1v) is 10.2. The zero-order valence-electron chi connectivity index (χ0n) is 15.9. The highest BCUT2D eigenvalue weighted by Gasteiger charge is 2.13. The lowest BCUT2D eigenvalue weighted by Crippen LogP contribution is -2.00. The van der Waals surface area contributed by atoms with Gasteiger partial charge in [0.15, 0.2) is 5.13 Å². The molecule has 1 N–H and O–H groups in total. The van der Waals surface area contributed by atoms with Gasteiger partial charge in [-0.15, -0.1) is 0 Å².